The molecule has 0 aromatic rings. The zero-order chi connectivity index (χ0) is 14.5. The Morgan fingerprint density at radius 2 is 2.00 bits per heavy atom. The molecular weight excluding hydrogens is 278 g/mol. The summed E-state index contributed by atoms with van der Waals surface area (Å²) < 4.78 is 36.7. The van der Waals surface area contributed by atoms with Crippen LogP contribution in [0, 0.1) is 0 Å². The van der Waals surface area contributed by atoms with Crippen molar-refractivity contribution in [2.45, 2.75) is 24.3 Å². The smallest absolute Gasteiger partial charge is 0.394 e. The van der Waals surface area contributed by atoms with Crippen LogP contribution in [0.5, 0.6) is 0 Å². The summed E-state index contributed by atoms with van der Waals surface area (Å²) in [5, 5.41) is 9.22. The maximum absolute atomic E-state index is 11.5. The van der Waals surface area contributed by atoms with E-state index in [2.05, 4.69) is 4.52 Å². The molecule has 5 atom stereocenters. The van der Waals surface area contributed by atoms with Crippen molar-refractivity contribution in [3.63, 3.8) is 0 Å². The summed E-state index contributed by atoms with van der Waals surface area (Å²) in [5.74, 6) is 0. The van der Waals surface area contributed by atoms with Gasteiger partial charge in [-0.25, -0.2) is 4.57 Å². The van der Waals surface area contributed by atoms with Gasteiger partial charge < -0.3 is 24.2 Å². The quantitative estimate of drug-likeness (QED) is 0.317. The van der Waals surface area contributed by atoms with E-state index >= 15 is 0 Å². The highest BCUT2D eigenvalue weighted by atomic mass is 31.2. The molecule has 0 spiro atoms. The van der Waals surface area contributed by atoms with Crippen molar-refractivity contribution in [1.29, 1.82) is 0 Å². The standard InChI is InChI=1S/C9H20BO8P/c1-14-3-4-16-8-7(18-19(12,13)15-2)6(5-11)17-9(8)10/h6-9,11H,3-5,10H2,1-2H3,(H,12,13). The van der Waals surface area contributed by atoms with Crippen LogP contribution in [0.2, 0.25) is 0 Å². The van der Waals surface area contributed by atoms with E-state index < -0.39 is 26.1 Å². The lowest BCUT2D eigenvalue weighted by atomic mass is 9.93. The average molecular weight is 298 g/mol. The van der Waals surface area contributed by atoms with Crippen molar-refractivity contribution < 1.29 is 37.8 Å². The fourth-order valence-corrected chi connectivity index (χ4v) is 2.53. The molecule has 0 radical (unpaired) electrons. The third-order valence-electron chi connectivity index (χ3n) is 2.81. The minimum absolute atomic E-state index is 0.287. The summed E-state index contributed by atoms with van der Waals surface area (Å²) in [4.78, 5) is 9.37. The molecule has 1 saturated heterocycles. The van der Waals surface area contributed by atoms with E-state index in [0.717, 1.165) is 7.11 Å². The maximum atomic E-state index is 11.5. The predicted molar refractivity (Wildman–Crippen MR) is 67.6 cm³/mol. The molecule has 0 aliphatic carbocycles. The molecule has 1 heterocycles. The van der Waals surface area contributed by atoms with E-state index in [0.29, 0.717) is 6.61 Å². The lowest BCUT2D eigenvalue weighted by Gasteiger charge is -2.24. The van der Waals surface area contributed by atoms with Gasteiger partial charge in [-0.2, -0.15) is 0 Å². The Morgan fingerprint density at radius 3 is 2.53 bits per heavy atom. The summed E-state index contributed by atoms with van der Waals surface area (Å²) in [6, 6.07) is -0.379. The van der Waals surface area contributed by atoms with Gasteiger partial charge >= 0.3 is 7.82 Å². The molecule has 2 N–H and O–H groups in total. The van der Waals surface area contributed by atoms with Crippen molar-refractivity contribution >= 4 is 15.7 Å². The third-order valence-corrected chi connectivity index (χ3v) is 3.78. The van der Waals surface area contributed by atoms with Gasteiger partial charge in [0.25, 0.3) is 0 Å². The van der Waals surface area contributed by atoms with Crippen LogP contribution in [0.3, 0.4) is 0 Å². The zero-order valence-corrected chi connectivity index (χ0v) is 12.1. The van der Waals surface area contributed by atoms with Crippen LogP contribution in [-0.4, -0.2) is 76.2 Å². The zero-order valence-electron chi connectivity index (χ0n) is 11.2. The molecular formula is C9H20BO8P. The van der Waals surface area contributed by atoms with Crippen molar-refractivity contribution in [1.82, 2.24) is 0 Å². The first-order valence-electron chi connectivity index (χ1n) is 5.89. The molecule has 8 nitrogen and oxygen atoms in total. The van der Waals surface area contributed by atoms with Gasteiger partial charge in [-0.1, -0.05) is 0 Å². The largest absolute Gasteiger partial charge is 0.472 e. The van der Waals surface area contributed by atoms with Gasteiger partial charge in [0.05, 0.1) is 25.8 Å². The van der Waals surface area contributed by atoms with Crippen molar-refractivity contribution in [3.05, 3.63) is 0 Å². The highest BCUT2D eigenvalue weighted by Crippen LogP contribution is 2.46. The SMILES string of the molecule is BC1OC(CO)C(OP(=O)(O)OC)C1OCCOC. The van der Waals surface area contributed by atoms with E-state index in [-0.39, 0.29) is 19.2 Å². The van der Waals surface area contributed by atoms with Gasteiger partial charge in [-0.3, -0.25) is 9.05 Å². The Labute approximate surface area is 113 Å². The number of aliphatic hydroxyl groups is 1. The molecule has 0 amide bonds. The first kappa shape index (κ1) is 17.1. The fraction of sp³-hybridized carbons (Fsp3) is 1.00. The Kier molecular flexibility index (Phi) is 6.92. The summed E-state index contributed by atoms with van der Waals surface area (Å²) in [6.07, 6.45) is -2.20. The predicted octanol–water partition coefficient (Wildman–Crippen LogP) is -1.50. The second-order valence-corrected chi connectivity index (χ2v) is 5.62. The number of hydrogen-bond donors (Lipinski definition) is 2. The Bertz CT molecular complexity index is 317. The highest BCUT2D eigenvalue weighted by Gasteiger charge is 2.46. The molecule has 0 aromatic heterocycles. The topological polar surface area (TPSA) is 104 Å². The molecule has 10 heteroatoms. The van der Waals surface area contributed by atoms with Gasteiger partial charge in [0.2, 0.25) is 0 Å². The van der Waals surface area contributed by atoms with Crippen LogP contribution in [0.25, 0.3) is 0 Å². The van der Waals surface area contributed by atoms with E-state index in [4.69, 9.17) is 18.7 Å². The molecule has 1 fully saturated rings. The minimum Gasteiger partial charge on any atom is -0.394 e. The van der Waals surface area contributed by atoms with Gasteiger partial charge in [0.15, 0.2) is 0 Å². The molecule has 0 saturated carbocycles. The van der Waals surface area contributed by atoms with Crippen molar-refractivity contribution in [2.75, 3.05) is 34.0 Å². The summed E-state index contributed by atoms with van der Waals surface area (Å²) in [5.41, 5.74) is 0. The number of methoxy groups -OCH3 is 1. The molecule has 1 aliphatic rings. The van der Waals surface area contributed by atoms with E-state index in [9.17, 15) is 14.6 Å². The number of ether oxygens (including phenoxy) is 3. The van der Waals surface area contributed by atoms with Crippen LogP contribution in [0.15, 0.2) is 0 Å². The van der Waals surface area contributed by atoms with Crippen LogP contribution in [-0.2, 0) is 27.8 Å². The molecule has 0 aromatic carbocycles. The third kappa shape index (κ3) is 4.80. The molecule has 112 valence electrons. The summed E-state index contributed by atoms with van der Waals surface area (Å²) >= 11 is 0. The lowest BCUT2D eigenvalue weighted by molar-refractivity contribution is -0.0414. The molecule has 1 rings (SSSR count). The second kappa shape index (κ2) is 7.71. The summed E-state index contributed by atoms with van der Waals surface area (Å²) in [6.45, 7) is 0.319. The second-order valence-electron chi connectivity index (χ2n) is 4.11. The number of phosphoric acid groups is 1. The van der Waals surface area contributed by atoms with Gasteiger partial charge in [0.1, 0.15) is 26.2 Å². The minimum atomic E-state index is -4.18. The Balaban J connectivity index is 2.70. The monoisotopic (exact) mass is 298 g/mol. The van der Waals surface area contributed by atoms with E-state index in [1.54, 1.807) is 7.85 Å². The summed E-state index contributed by atoms with van der Waals surface area (Å²) in [7, 11) is 0.158. The van der Waals surface area contributed by atoms with E-state index in [1.807, 2.05) is 0 Å². The number of aliphatic hydroxyl groups excluding tert-OH is 1. The van der Waals surface area contributed by atoms with Crippen LogP contribution < -0.4 is 0 Å². The van der Waals surface area contributed by atoms with Crippen LogP contribution in [0.4, 0.5) is 0 Å². The van der Waals surface area contributed by atoms with Crippen LogP contribution in [0.1, 0.15) is 0 Å². The lowest BCUT2D eigenvalue weighted by Crippen LogP contribution is -2.39. The molecule has 5 unspecified atom stereocenters. The van der Waals surface area contributed by atoms with Gasteiger partial charge in [-0.15, -0.1) is 0 Å². The molecule has 1 aliphatic heterocycles. The van der Waals surface area contributed by atoms with Crippen molar-refractivity contribution in [3.8, 4) is 0 Å². The number of hydrogen-bond acceptors (Lipinski definition) is 7. The number of phosphoric ester groups is 1. The molecule has 0 bridgehead atoms. The van der Waals surface area contributed by atoms with E-state index in [1.165, 1.54) is 7.11 Å². The fourth-order valence-electron chi connectivity index (χ4n) is 1.88. The van der Waals surface area contributed by atoms with Crippen molar-refractivity contribution in [2.24, 2.45) is 0 Å². The molecule has 19 heavy (non-hydrogen) atoms. The normalized spacial score (nSPS) is 34.3. The van der Waals surface area contributed by atoms with Crippen LogP contribution >= 0.6 is 7.82 Å². The average Bonchev–Trinajstić information content (AvgIpc) is 2.66. The number of rotatable bonds is 8. The Hall–Kier alpha value is 0.0149. The first-order valence-corrected chi connectivity index (χ1v) is 7.38. The van der Waals surface area contributed by atoms with Gasteiger partial charge in [0, 0.05) is 14.2 Å². The highest BCUT2D eigenvalue weighted by molar-refractivity contribution is 7.47. The first-order chi connectivity index (χ1) is 8.95. The Morgan fingerprint density at radius 1 is 1.32 bits per heavy atom. The van der Waals surface area contributed by atoms with Gasteiger partial charge in [-0.05, 0) is 0 Å². The maximum Gasteiger partial charge on any atom is 0.472 e.